The molecule has 0 aromatic heterocycles. The molecule has 2 rings (SSSR count). The van der Waals surface area contributed by atoms with Crippen LogP contribution in [0.4, 0.5) is 0 Å². The summed E-state index contributed by atoms with van der Waals surface area (Å²) < 4.78 is 10.9. The molecule has 0 saturated carbocycles. The van der Waals surface area contributed by atoms with Crippen LogP contribution < -0.4 is 4.74 Å². The minimum Gasteiger partial charge on any atom is -0.494 e. The molecular weight excluding hydrogens is 288 g/mol. The molecule has 3 heteroatoms. The van der Waals surface area contributed by atoms with Crippen molar-refractivity contribution >= 4 is 22.8 Å². The molecular formula is C20H24O3. The number of carbonyl (C=O) groups is 1. The molecule has 2 aromatic rings. The van der Waals surface area contributed by atoms with Crippen molar-refractivity contribution in [1.29, 1.82) is 0 Å². The van der Waals surface area contributed by atoms with E-state index in [0.717, 1.165) is 35.1 Å². The van der Waals surface area contributed by atoms with Crippen LogP contribution in [0.2, 0.25) is 0 Å². The summed E-state index contributed by atoms with van der Waals surface area (Å²) in [5.41, 5.74) is 0.491. The molecule has 0 saturated heterocycles. The molecule has 0 radical (unpaired) electrons. The fourth-order valence-corrected chi connectivity index (χ4v) is 2.16. The smallest absolute Gasteiger partial charge is 0.331 e. The van der Waals surface area contributed by atoms with E-state index < -0.39 is 5.60 Å². The van der Waals surface area contributed by atoms with Crippen molar-refractivity contribution in [2.45, 2.75) is 39.7 Å². The number of esters is 1. The predicted octanol–water partition coefficient (Wildman–Crippen LogP) is 4.98. The van der Waals surface area contributed by atoms with Crippen LogP contribution in [0.5, 0.6) is 5.75 Å². The van der Waals surface area contributed by atoms with Crippen LogP contribution >= 0.6 is 0 Å². The Labute approximate surface area is 137 Å². The quantitative estimate of drug-likeness (QED) is 0.577. The van der Waals surface area contributed by atoms with Gasteiger partial charge in [-0.15, -0.1) is 0 Å². The molecule has 0 unspecified atom stereocenters. The number of rotatable bonds is 5. The van der Waals surface area contributed by atoms with Crippen LogP contribution in [-0.2, 0) is 9.53 Å². The molecule has 0 bridgehead atoms. The maximum atomic E-state index is 11.7. The van der Waals surface area contributed by atoms with Gasteiger partial charge in [0, 0.05) is 6.08 Å². The molecule has 0 spiro atoms. The second-order valence-electron chi connectivity index (χ2n) is 6.48. The van der Waals surface area contributed by atoms with E-state index in [1.54, 1.807) is 6.08 Å². The van der Waals surface area contributed by atoms with Gasteiger partial charge in [-0.2, -0.15) is 0 Å². The molecule has 0 aliphatic rings. The Kier molecular flexibility index (Phi) is 5.43. The summed E-state index contributed by atoms with van der Waals surface area (Å²) in [5.74, 6) is 0.553. The number of fused-ring (bicyclic) bond motifs is 1. The van der Waals surface area contributed by atoms with Gasteiger partial charge in [-0.3, -0.25) is 0 Å². The summed E-state index contributed by atoms with van der Waals surface area (Å²) >= 11 is 0. The maximum absolute atomic E-state index is 11.7. The molecule has 0 N–H and O–H groups in total. The van der Waals surface area contributed by atoms with Crippen molar-refractivity contribution < 1.29 is 14.3 Å². The maximum Gasteiger partial charge on any atom is 0.331 e. The van der Waals surface area contributed by atoms with Crippen LogP contribution in [0.1, 0.15) is 39.7 Å². The van der Waals surface area contributed by atoms with E-state index in [0.29, 0.717) is 0 Å². The van der Waals surface area contributed by atoms with Gasteiger partial charge in [-0.1, -0.05) is 25.1 Å². The van der Waals surface area contributed by atoms with Crippen LogP contribution in [0.25, 0.3) is 16.8 Å². The minimum absolute atomic E-state index is 0.332. The molecule has 122 valence electrons. The lowest BCUT2D eigenvalue weighted by atomic mass is 10.1. The highest BCUT2D eigenvalue weighted by Crippen LogP contribution is 2.23. The summed E-state index contributed by atoms with van der Waals surface area (Å²) in [4.78, 5) is 11.7. The first-order chi connectivity index (χ1) is 10.9. The van der Waals surface area contributed by atoms with Crippen LogP contribution in [0.15, 0.2) is 42.5 Å². The van der Waals surface area contributed by atoms with Crippen LogP contribution in [0.3, 0.4) is 0 Å². The summed E-state index contributed by atoms with van der Waals surface area (Å²) in [6, 6.07) is 12.1. The van der Waals surface area contributed by atoms with E-state index in [1.165, 1.54) is 6.08 Å². The number of hydrogen-bond acceptors (Lipinski definition) is 3. The van der Waals surface area contributed by atoms with Gasteiger partial charge < -0.3 is 9.47 Å². The molecule has 0 aliphatic heterocycles. The van der Waals surface area contributed by atoms with Crippen molar-refractivity contribution in [3.05, 3.63) is 48.0 Å². The molecule has 2 aromatic carbocycles. The van der Waals surface area contributed by atoms with Gasteiger partial charge in [0.15, 0.2) is 0 Å². The molecule has 0 atom stereocenters. The summed E-state index contributed by atoms with van der Waals surface area (Å²) in [5, 5.41) is 2.23. The van der Waals surface area contributed by atoms with Gasteiger partial charge in [-0.25, -0.2) is 4.79 Å². The second kappa shape index (κ2) is 7.32. The Morgan fingerprint density at radius 1 is 1.09 bits per heavy atom. The molecule has 0 aliphatic carbocycles. The number of ether oxygens (including phenoxy) is 2. The molecule has 3 nitrogen and oxygen atoms in total. The van der Waals surface area contributed by atoms with Gasteiger partial charge in [0.05, 0.1) is 6.61 Å². The fourth-order valence-electron chi connectivity index (χ4n) is 2.16. The van der Waals surface area contributed by atoms with Crippen LogP contribution in [0, 0.1) is 0 Å². The highest BCUT2D eigenvalue weighted by molar-refractivity contribution is 5.90. The lowest BCUT2D eigenvalue weighted by molar-refractivity contribution is -0.148. The van der Waals surface area contributed by atoms with Crippen molar-refractivity contribution in [3.8, 4) is 5.75 Å². The summed E-state index contributed by atoms with van der Waals surface area (Å²) in [6.07, 6.45) is 4.23. The summed E-state index contributed by atoms with van der Waals surface area (Å²) in [7, 11) is 0. The first kappa shape index (κ1) is 17.1. The number of carbonyl (C=O) groups excluding carboxylic acids is 1. The lowest BCUT2D eigenvalue weighted by Crippen LogP contribution is -2.22. The van der Waals surface area contributed by atoms with Crippen molar-refractivity contribution in [2.24, 2.45) is 0 Å². The Bertz CT molecular complexity index is 708. The minimum atomic E-state index is -0.473. The van der Waals surface area contributed by atoms with Gasteiger partial charge in [0.2, 0.25) is 0 Å². The van der Waals surface area contributed by atoms with Gasteiger partial charge in [-0.05, 0) is 67.8 Å². The Hall–Kier alpha value is -2.29. The Morgan fingerprint density at radius 2 is 1.78 bits per heavy atom. The predicted molar refractivity (Wildman–Crippen MR) is 94.6 cm³/mol. The normalized spacial score (nSPS) is 11.8. The van der Waals surface area contributed by atoms with Crippen LogP contribution in [-0.4, -0.2) is 18.2 Å². The van der Waals surface area contributed by atoms with Crippen molar-refractivity contribution in [2.75, 3.05) is 6.61 Å². The average Bonchev–Trinajstić information content (AvgIpc) is 2.49. The zero-order valence-electron chi connectivity index (χ0n) is 14.3. The fraction of sp³-hybridized carbons (Fsp3) is 0.350. The molecule has 23 heavy (non-hydrogen) atoms. The monoisotopic (exact) mass is 312 g/mol. The molecule has 0 heterocycles. The van der Waals surface area contributed by atoms with E-state index in [4.69, 9.17) is 9.47 Å². The van der Waals surface area contributed by atoms with Crippen molar-refractivity contribution in [1.82, 2.24) is 0 Å². The van der Waals surface area contributed by atoms with E-state index in [2.05, 4.69) is 6.92 Å². The van der Waals surface area contributed by atoms with E-state index in [1.807, 2.05) is 57.2 Å². The van der Waals surface area contributed by atoms with Gasteiger partial charge in [0.25, 0.3) is 0 Å². The first-order valence-corrected chi connectivity index (χ1v) is 7.95. The third kappa shape index (κ3) is 5.44. The number of benzene rings is 2. The Balaban J connectivity index is 2.12. The highest BCUT2D eigenvalue weighted by Gasteiger charge is 2.13. The van der Waals surface area contributed by atoms with E-state index >= 15 is 0 Å². The standard InChI is InChI=1S/C20H24O3/c1-5-12-22-18-10-9-16-13-15(6-8-17(16)14-18)7-11-19(21)23-20(2,3)4/h6-11,13-14H,5,12H2,1-4H3. The molecule has 0 fully saturated rings. The topological polar surface area (TPSA) is 35.5 Å². The largest absolute Gasteiger partial charge is 0.494 e. The van der Waals surface area contributed by atoms with Gasteiger partial charge >= 0.3 is 5.97 Å². The zero-order valence-corrected chi connectivity index (χ0v) is 14.3. The first-order valence-electron chi connectivity index (χ1n) is 7.95. The van der Waals surface area contributed by atoms with E-state index in [9.17, 15) is 4.79 Å². The Morgan fingerprint density at radius 3 is 2.48 bits per heavy atom. The highest BCUT2D eigenvalue weighted by atomic mass is 16.6. The third-order valence-corrected chi connectivity index (χ3v) is 3.13. The van der Waals surface area contributed by atoms with Crippen molar-refractivity contribution in [3.63, 3.8) is 0 Å². The summed E-state index contributed by atoms with van der Waals surface area (Å²) in [6.45, 7) is 8.37. The van der Waals surface area contributed by atoms with E-state index in [-0.39, 0.29) is 5.97 Å². The lowest BCUT2D eigenvalue weighted by Gasteiger charge is -2.17. The number of hydrogen-bond donors (Lipinski definition) is 0. The average molecular weight is 312 g/mol. The second-order valence-corrected chi connectivity index (χ2v) is 6.48. The SMILES string of the molecule is CCCOc1ccc2cc(C=CC(=O)OC(C)(C)C)ccc2c1. The van der Waals surface area contributed by atoms with Gasteiger partial charge in [0.1, 0.15) is 11.4 Å². The molecule has 0 amide bonds. The third-order valence-electron chi connectivity index (χ3n) is 3.13. The zero-order chi connectivity index (χ0) is 16.9.